The number of amidine groups is 1. The van der Waals surface area contributed by atoms with E-state index in [0.717, 1.165) is 12.8 Å². The molecule has 6 nitrogen and oxygen atoms in total. The molecule has 0 aliphatic carbocycles. The molecule has 1 atom stereocenters. The van der Waals surface area contributed by atoms with Gasteiger partial charge in [0, 0.05) is 19.2 Å². The third kappa shape index (κ3) is 2.69. The molecule has 1 saturated heterocycles. The normalized spacial score (nSPS) is 21.9. The van der Waals surface area contributed by atoms with Crippen LogP contribution < -0.4 is 5.73 Å². The molecule has 0 aromatic rings. The van der Waals surface area contributed by atoms with E-state index in [1.165, 1.54) is 0 Å². The van der Waals surface area contributed by atoms with Gasteiger partial charge in [0.1, 0.15) is 5.41 Å². The number of rotatable bonds is 4. The lowest BCUT2D eigenvalue weighted by atomic mass is 9.89. The topological polar surface area (TPSA) is 99.2 Å². The molecule has 6 heteroatoms. The molecule has 0 bridgehead atoms. The van der Waals surface area contributed by atoms with Gasteiger partial charge in [0.25, 0.3) is 0 Å². The van der Waals surface area contributed by atoms with Crippen molar-refractivity contribution in [2.75, 3.05) is 13.2 Å². The van der Waals surface area contributed by atoms with E-state index in [0.29, 0.717) is 13.0 Å². The van der Waals surface area contributed by atoms with Crippen molar-refractivity contribution in [2.24, 2.45) is 16.3 Å². The van der Waals surface area contributed by atoms with Crippen LogP contribution in [0.4, 0.5) is 0 Å². The van der Waals surface area contributed by atoms with Crippen molar-refractivity contribution in [3.05, 3.63) is 0 Å². The van der Waals surface area contributed by atoms with E-state index in [9.17, 15) is 4.79 Å². The molecule has 1 rings (SSSR count). The average molecular weight is 243 g/mol. The zero-order valence-electron chi connectivity index (χ0n) is 10.4. The Morgan fingerprint density at radius 3 is 2.76 bits per heavy atom. The van der Waals surface area contributed by atoms with Gasteiger partial charge in [0.2, 0.25) is 5.91 Å². The Bertz CT molecular complexity index is 315. The summed E-state index contributed by atoms with van der Waals surface area (Å²) in [6, 6.07) is 0.0678. The summed E-state index contributed by atoms with van der Waals surface area (Å²) in [5.41, 5.74) is 4.53. The number of aliphatic hydroxyl groups excluding tert-OH is 1. The second kappa shape index (κ2) is 5.35. The second-order valence-corrected chi connectivity index (χ2v) is 4.92. The van der Waals surface area contributed by atoms with E-state index in [-0.39, 0.29) is 24.4 Å². The standard InChI is InChI=1S/C11H21N3O3/c1-11(2,9(12)13-17)10(16)14-6-3-4-8(14)5-7-15/h8,15,17H,3-7H2,1-2H3,(H2,12,13). The largest absolute Gasteiger partial charge is 0.409 e. The van der Waals surface area contributed by atoms with Gasteiger partial charge in [-0.15, -0.1) is 0 Å². The molecular weight excluding hydrogens is 222 g/mol. The maximum atomic E-state index is 12.3. The summed E-state index contributed by atoms with van der Waals surface area (Å²) in [4.78, 5) is 14.1. The first-order valence-corrected chi connectivity index (χ1v) is 5.85. The number of likely N-dealkylation sites (tertiary alicyclic amines) is 1. The van der Waals surface area contributed by atoms with E-state index in [4.69, 9.17) is 16.0 Å². The lowest BCUT2D eigenvalue weighted by Gasteiger charge is -2.32. The van der Waals surface area contributed by atoms with E-state index in [1.807, 2.05) is 0 Å². The molecule has 1 aliphatic rings. The lowest BCUT2D eigenvalue weighted by Crippen LogP contribution is -2.49. The predicted molar refractivity (Wildman–Crippen MR) is 63.6 cm³/mol. The van der Waals surface area contributed by atoms with Gasteiger partial charge in [0.15, 0.2) is 5.84 Å². The van der Waals surface area contributed by atoms with Gasteiger partial charge < -0.3 is 20.9 Å². The van der Waals surface area contributed by atoms with Gasteiger partial charge in [-0.2, -0.15) is 0 Å². The first kappa shape index (κ1) is 13.8. The van der Waals surface area contributed by atoms with Crippen molar-refractivity contribution >= 4 is 11.7 Å². The summed E-state index contributed by atoms with van der Waals surface area (Å²) < 4.78 is 0. The molecule has 0 aromatic carbocycles. The van der Waals surface area contributed by atoms with Gasteiger partial charge in [-0.3, -0.25) is 4.79 Å². The molecule has 1 unspecified atom stereocenters. The fraction of sp³-hybridized carbons (Fsp3) is 0.818. The van der Waals surface area contributed by atoms with Crippen LogP contribution >= 0.6 is 0 Å². The number of hydrogen-bond acceptors (Lipinski definition) is 4. The number of oxime groups is 1. The summed E-state index contributed by atoms with van der Waals surface area (Å²) in [6.45, 7) is 4.02. The maximum absolute atomic E-state index is 12.3. The van der Waals surface area contributed by atoms with Crippen LogP contribution in [0.25, 0.3) is 0 Å². The zero-order chi connectivity index (χ0) is 13.1. The Labute approximate surface area is 101 Å². The Morgan fingerprint density at radius 2 is 2.24 bits per heavy atom. The van der Waals surface area contributed by atoms with Crippen molar-refractivity contribution in [3.63, 3.8) is 0 Å². The van der Waals surface area contributed by atoms with Gasteiger partial charge in [-0.1, -0.05) is 5.16 Å². The zero-order valence-corrected chi connectivity index (χ0v) is 10.4. The van der Waals surface area contributed by atoms with Crippen LogP contribution in [0.5, 0.6) is 0 Å². The third-order valence-electron chi connectivity index (χ3n) is 3.38. The molecule has 17 heavy (non-hydrogen) atoms. The summed E-state index contributed by atoms with van der Waals surface area (Å²) in [5, 5.41) is 20.6. The van der Waals surface area contributed by atoms with Crippen molar-refractivity contribution in [2.45, 2.75) is 39.2 Å². The van der Waals surface area contributed by atoms with Crippen molar-refractivity contribution in [1.29, 1.82) is 0 Å². The van der Waals surface area contributed by atoms with E-state index < -0.39 is 5.41 Å². The van der Waals surface area contributed by atoms with Crippen LogP contribution in [0.3, 0.4) is 0 Å². The molecule has 0 spiro atoms. The highest BCUT2D eigenvalue weighted by atomic mass is 16.4. The van der Waals surface area contributed by atoms with Crippen molar-refractivity contribution in [1.82, 2.24) is 4.90 Å². The van der Waals surface area contributed by atoms with Crippen LogP contribution in [0.2, 0.25) is 0 Å². The highest BCUT2D eigenvalue weighted by Crippen LogP contribution is 2.27. The Balaban J connectivity index is 2.82. The van der Waals surface area contributed by atoms with Gasteiger partial charge in [-0.25, -0.2) is 0 Å². The van der Waals surface area contributed by atoms with Crippen molar-refractivity contribution in [3.8, 4) is 0 Å². The fourth-order valence-electron chi connectivity index (χ4n) is 2.15. The first-order valence-electron chi connectivity index (χ1n) is 5.85. The molecule has 1 heterocycles. The first-order chi connectivity index (χ1) is 7.95. The van der Waals surface area contributed by atoms with Crippen LogP contribution in [-0.4, -0.2) is 46.1 Å². The van der Waals surface area contributed by atoms with Gasteiger partial charge in [0.05, 0.1) is 0 Å². The van der Waals surface area contributed by atoms with E-state index in [1.54, 1.807) is 18.7 Å². The second-order valence-electron chi connectivity index (χ2n) is 4.92. The number of hydrogen-bond donors (Lipinski definition) is 3. The monoisotopic (exact) mass is 243 g/mol. The molecule has 0 saturated carbocycles. The molecule has 0 radical (unpaired) electrons. The Hall–Kier alpha value is -1.30. The molecule has 1 aliphatic heterocycles. The predicted octanol–water partition coefficient (Wildman–Crippen LogP) is 0.132. The van der Waals surface area contributed by atoms with Crippen LogP contribution in [0, 0.1) is 5.41 Å². The highest BCUT2D eigenvalue weighted by Gasteiger charge is 2.40. The van der Waals surface area contributed by atoms with Crippen LogP contribution in [0.1, 0.15) is 33.1 Å². The molecule has 1 fully saturated rings. The minimum absolute atomic E-state index is 0.0678. The van der Waals surface area contributed by atoms with E-state index >= 15 is 0 Å². The summed E-state index contributed by atoms with van der Waals surface area (Å²) in [5.74, 6) is -0.235. The molecular formula is C11H21N3O3. The highest BCUT2D eigenvalue weighted by molar-refractivity contribution is 6.06. The summed E-state index contributed by atoms with van der Waals surface area (Å²) >= 11 is 0. The smallest absolute Gasteiger partial charge is 0.236 e. The number of aliphatic hydroxyl groups is 1. The number of amides is 1. The number of carbonyl (C=O) groups excluding carboxylic acids is 1. The number of carbonyl (C=O) groups is 1. The summed E-state index contributed by atoms with van der Waals surface area (Å²) in [6.07, 6.45) is 2.42. The Morgan fingerprint density at radius 1 is 1.59 bits per heavy atom. The minimum atomic E-state index is -1.01. The van der Waals surface area contributed by atoms with E-state index in [2.05, 4.69) is 5.16 Å². The van der Waals surface area contributed by atoms with Crippen LogP contribution in [0.15, 0.2) is 5.16 Å². The quantitative estimate of drug-likeness (QED) is 0.283. The number of nitrogens with two attached hydrogens (primary N) is 1. The molecule has 98 valence electrons. The summed E-state index contributed by atoms with van der Waals surface area (Å²) in [7, 11) is 0. The SMILES string of the molecule is CC(C)(C(=O)N1CCCC1CCO)C(N)=NO. The van der Waals surface area contributed by atoms with Crippen molar-refractivity contribution < 1.29 is 15.1 Å². The van der Waals surface area contributed by atoms with Crippen LogP contribution in [-0.2, 0) is 4.79 Å². The molecule has 4 N–H and O–H groups in total. The third-order valence-corrected chi connectivity index (χ3v) is 3.38. The molecule has 1 amide bonds. The average Bonchev–Trinajstić information content (AvgIpc) is 2.75. The molecule has 0 aromatic heterocycles. The van der Waals surface area contributed by atoms with Gasteiger partial charge >= 0.3 is 0 Å². The maximum Gasteiger partial charge on any atom is 0.236 e. The van der Waals surface area contributed by atoms with Gasteiger partial charge in [-0.05, 0) is 33.1 Å². The number of nitrogens with zero attached hydrogens (tertiary/aromatic N) is 2. The fourth-order valence-corrected chi connectivity index (χ4v) is 2.15. The Kier molecular flexibility index (Phi) is 4.34. The lowest BCUT2D eigenvalue weighted by molar-refractivity contribution is -0.138. The minimum Gasteiger partial charge on any atom is -0.409 e.